The molecule has 0 aromatic rings. The highest BCUT2D eigenvalue weighted by atomic mass is 32.1. The van der Waals surface area contributed by atoms with Crippen molar-refractivity contribution in [2.24, 2.45) is 5.73 Å². The molecule has 0 spiro atoms. The third kappa shape index (κ3) is 19.1. The van der Waals surface area contributed by atoms with E-state index in [-0.39, 0.29) is 11.7 Å². The summed E-state index contributed by atoms with van der Waals surface area (Å²) in [6.45, 7) is 2.14. The first kappa shape index (κ1) is 27.7. The average Bonchev–Trinajstić information content (AvgIpc) is 2.73. The van der Waals surface area contributed by atoms with Crippen molar-refractivity contribution < 1.29 is 9.59 Å². The number of allylic oxidation sites excluding steroid dienone is 12. The summed E-state index contributed by atoms with van der Waals surface area (Å²) in [7, 11) is 0. The first-order valence-electron chi connectivity index (χ1n) is 10.7. The van der Waals surface area contributed by atoms with Crippen LogP contribution in [0.5, 0.6) is 0 Å². The van der Waals surface area contributed by atoms with Crippen molar-refractivity contribution >= 4 is 24.4 Å². The SMILES string of the molecule is CC/C=C\C/C=C\C/C=C\C/C=C\C/C=C\C/C=C\CCC(=O)N[C@@H](CS)C(N)=O. The fourth-order valence-electron chi connectivity index (χ4n) is 2.33. The summed E-state index contributed by atoms with van der Waals surface area (Å²) in [5, 5.41) is 2.57. The Kier molecular flexibility index (Phi) is 19.8. The highest BCUT2D eigenvalue weighted by Crippen LogP contribution is 1.98. The fourth-order valence-corrected chi connectivity index (χ4v) is 2.60. The minimum Gasteiger partial charge on any atom is -0.368 e. The minimum absolute atomic E-state index is 0.188. The van der Waals surface area contributed by atoms with Gasteiger partial charge in [0.05, 0.1) is 0 Å². The molecule has 0 fully saturated rings. The third-order valence-corrected chi connectivity index (χ3v) is 4.36. The number of amides is 2. The Bertz CT molecular complexity index is 631. The van der Waals surface area contributed by atoms with E-state index >= 15 is 0 Å². The monoisotopic (exact) mass is 430 g/mol. The number of rotatable bonds is 17. The second-order valence-electron chi connectivity index (χ2n) is 6.66. The predicted octanol–water partition coefficient (Wildman–Crippen LogP) is 5.36. The third-order valence-electron chi connectivity index (χ3n) is 4.00. The van der Waals surface area contributed by atoms with Gasteiger partial charge in [0.1, 0.15) is 6.04 Å². The summed E-state index contributed by atoms with van der Waals surface area (Å²) >= 11 is 3.99. The second kappa shape index (κ2) is 21.4. The van der Waals surface area contributed by atoms with Crippen LogP contribution in [0.2, 0.25) is 0 Å². The van der Waals surface area contributed by atoms with Gasteiger partial charge in [0.15, 0.2) is 0 Å². The van der Waals surface area contributed by atoms with Gasteiger partial charge in [0, 0.05) is 12.2 Å². The number of thiol groups is 1. The fraction of sp³-hybridized carbons (Fsp3) is 0.440. The van der Waals surface area contributed by atoms with Crippen molar-refractivity contribution in [3.8, 4) is 0 Å². The van der Waals surface area contributed by atoms with E-state index in [1.165, 1.54) is 0 Å². The molecular weight excluding hydrogens is 392 g/mol. The van der Waals surface area contributed by atoms with E-state index < -0.39 is 11.9 Å². The molecule has 0 aromatic heterocycles. The second-order valence-corrected chi connectivity index (χ2v) is 7.02. The number of nitrogens with one attached hydrogen (secondary N) is 1. The van der Waals surface area contributed by atoms with Crippen LogP contribution in [0.3, 0.4) is 0 Å². The van der Waals surface area contributed by atoms with Gasteiger partial charge in [-0.15, -0.1) is 0 Å². The molecule has 2 amide bonds. The number of hydrogen-bond acceptors (Lipinski definition) is 3. The molecule has 0 aliphatic rings. The van der Waals surface area contributed by atoms with E-state index in [4.69, 9.17) is 5.73 Å². The first-order valence-corrected chi connectivity index (χ1v) is 11.3. The molecule has 0 bridgehead atoms. The molecule has 1 atom stereocenters. The largest absolute Gasteiger partial charge is 0.368 e. The van der Waals surface area contributed by atoms with Crippen LogP contribution in [0.15, 0.2) is 72.9 Å². The molecule has 0 saturated carbocycles. The van der Waals surface area contributed by atoms with Crippen molar-refractivity contribution in [3.05, 3.63) is 72.9 Å². The highest BCUT2D eigenvalue weighted by molar-refractivity contribution is 7.80. The summed E-state index contributed by atoms with van der Waals surface area (Å²) in [6, 6.07) is -0.703. The van der Waals surface area contributed by atoms with E-state index in [1.54, 1.807) is 0 Å². The summed E-state index contributed by atoms with van der Waals surface area (Å²) in [6.07, 6.45) is 32.5. The van der Waals surface area contributed by atoms with Gasteiger partial charge in [0.25, 0.3) is 0 Å². The molecule has 0 unspecified atom stereocenters. The van der Waals surface area contributed by atoms with Crippen LogP contribution >= 0.6 is 12.6 Å². The smallest absolute Gasteiger partial charge is 0.240 e. The Labute approximate surface area is 188 Å². The Morgan fingerprint density at radius 3 is 1.53 bits per heavy atom. The van der Waals surface area contributed by atoms with Crippen LogP contribution in [-0.2, 0) is 9.59 Å². The molecule has 0 radical (unpaired) electrons. The topological polar surface area (TPSA) is 72.2 Å². The zero-order valence-corrected chi connectivity index (χ0v) is 19.1. The van der Waals surface area contributed by atoms with Crippen LogP contribution in [0.4, 0.5) is 0 Å². The summed E-state index contributed by atoms with van der Waals surface area (Å²) in [5.41, 5.74) is 5.16. The molecule has 0 aromatic carbocycles. The molecule has 0 saturated heterocycles. The number of hydrogen-bond donors (Lipinski definition) is 3. The lowest BCUT2D eigenvalue weighted by atomic mass is 10.2. The summed E-state index contributed by atoms with van der Waals surface area (Å²) in [5.74, 6) is -0.541. The van der Waals surface area contributed by atoms with E-state index in [2.05, 4.69) is 85.6 Å². The maximum atomic E-state index is 11.7. The van der Waals surface area contributed by atoms with Crippen molar-refractivity contribution in [2.45, 2.75) is 64.3 Å². The standard InChI is InChI=1S/C25H38N2O2S/c1-2-3-4-5-6-7-8-9-10-11-12-13-14-15-16-17-18-19-20-21-24(28)27-23(22-30)25(26)29/h3-4,6-7,9-10,12-13,15-16,18-19,23,30H,2,5,8,11,14,17,20-22H2,1H3,(H2,26,29)(H,27,28)/b4-3-,7-6-,10-9-,13-12-,16-15-,19-18-/t23-/m0/s1. The molecule has 5 heteroatoms. The maximum Gasteiger partial charge on any atom is 0.240 e. The molecule has 3 N–H and O–H groups in total. The Morgan fingerprint density at radius 2 is 1.17 bits per heavy atom. The van der Waals surface area contributed by atoms with E-state index in [0.717, 1.165) is 38.5 Å². The number of carbonyl (C=O) groups is 2. The van der Waals surface area contributed by atoms with Gasteiger partial charge in [-0.1, -0.05) is 79.8 Å². The van der Waals surface area contributed by atoms with Crippen molar-refractivity contribution in [3.63, 3.8) is 0 Å². The van der Waals surface area contributed by atoms with Gasteiger partial charge in [-0.05, 0) is 44.9 Å². The minimum atomic E-state index is -0.703. The van der Waals surface area contributed by atoms with Crippen LogP contribution in [0.25, 0.3) is 0 Å². The summed E-state index contributed by atoms with van der Waals surface area (Å²) in [4.78, 5) is 22.7. The van der Waals surface area contributed by atoms with Crippen molar-refractivity contribution in [1.29, 1.82) is 0 Å². The van der Waals surface area contributed by atoms with Crippen molar-refractivity contribution in [1.82, 2.24) is 5.32 Å². The quantitative estimate of drug-likeness (QED) is 0.215. The molecule has 166 valence electrons. The van der Waals surface area contributed by atoms with Gasteiger partial charge in [-0.3, -0.25) is 9.59 Å². The van der Waals surface area contributed by atoms with Gasteiger partial charge < -0.3 is 11.1 Å². The zero-order valence-electron chi connectivity index (χ0n) is 18.2. The van der Waals surface area contributed by atoms with E-state index in [9.17, 15) is 9.59 Å². The first-order chi connectivity index (χ1) is 14.6. The highest BCUT2D eigenvalue weighted by Gasteiger charge is 2.15. The summed E-state index contributed by atoms with van der Waals surface area (Å²) < 4.78 is 0. The molecule has 0 heterocycles. The van der Waals surface area contributed by atoms with Crippen LogP contribution in [0.1, 0.15) is 58.3 Å². The van der Waals surface area contributed by atoms with Gasteiger partial charge in [0.2, 0.25) is 11.8 Å². The zero-order chi connectivity index (χ0) is 22.3. The Hall–Kier alpha value is -2.27. The van der Waals surface area contributed by atoms with Gasteiger partial charge in [-0.2, -0.15) is 12.6 Å². The lowest BCUT2D eigenvalue weighted by Crippen LogP contribution is -2.45. The van der Waals surface area contributed by atoms with Crippen molar-refractivity contribution in [2.75, 3.05) is 5.75 Å². The van der Waals surface area contributed by atoms with Crippen LogP contribution < -0.4 is 11.1 Å². The molecular formula is C25H38N2O2S. The molecule has 0 aliphatic heterocycles. The van der Waals surface area contributed by atoms with E-state index in [1.807, 2.05) is 12.2 Å². The number of nitrogens with two attached hydrogens (primary N) is 1. The Balaban J connectivity index is 3.70. The normalized spacial score (nSPS) is 13.7. The predicted molar refractivity (Wildman–Crippen MR) is 132 cm³/mol. The number of primary amides is 1. The molecule has 0 rings (SSSR count). The Morgan fingerprint density at radius 1 is 0.767 bits per heavy atom. The number of carbonyl (C=O) groups excluding carboxylic acids is 2. The van der Waals surface area contributed by atoms with Gasteiger partial charge >= 0.3 is 0 Å². The van der Waals surface area contributed by atoms with Crippen LogP contribution in [-0.4, -0.2) is 23.6 Å². The van der Waals surface area contributed by atoms with E-state index in [0.29, 0.717) is 12.8 Å². The maximum absolute atomic E-state index is 11.7. The average molecular weight is 431 g/mol. The van der Waals surface area contributed by atoms with Gasteiger partial charge in [-0.25, -0.2) is 0 Å². The molecule has 30 heavy (non-hydrogen) atoms. The lowest BCUT2D eigenvalue weighted by Gasteiger charge is -2.11. The molecule has 4 nitrogen and oxygen atoms in total. The van der Waals surface area contributed by atoms with Crippen LogP contribution in [0, 0.1) is 0 Å². The lowest BCUT2D eigenvalue weighted by molar-refractivity contribution is -0.126. The molecule has 0 aliphatic carbocycles.